The fourth-order valence-corrected chi connectivity index (χ4v) is 3.04. The average molecular weight is 208 g/mol. The Balaban J connectivity index is 1.89. The van der Waals surface area contributed by atoms with Gasteiger partial charge in [-0.15, -0.1) is 0 Å². The summed E-state index contributed by atoms with van der Waals surface area (Å²) in [6, 6.07) is 0. The van der Waals surface area contributed by atoms with Crippen molar-refractivity contribution in [1.29, 1.82) is 0 Å². The van der Waals surface area contributed by atoms with E-state index >= 15 is 0 Å². The number of rotatable bonds is 2. The van der Waals surface area contributed by atoms with Gasteiger partial charge in [-0.05, 0) is 55.9 Å². The van der Waals surface area contributed by atoms with Crippen molar-refractivity contribution in [2.75, 3.05) is 0 Å². The molecule has 0 aromatic carbocycles. The number of aliphatic hydroxyl groups excluding tert-OH is 1. The van der Waals surface area contributed by atoms with E-state index in [1.807, 2.05) is 0 Å². The van der Waals surface area contributed by atoms with Gasteiger partial charge in [0.2, 0.25) is 0 Å². The van der Waals surface area contributed by atoms with E-state index in [2.05, 4.69) is 13.0 Å². The van der Waals surface area contributed by atoms with Gasteiger partial charge in [-0.2, -0.15) is 0 Å². The minimum Gasteiger partial charge on any atom is -0.388 e. The van der Waals surface area contributed by atoms with Gasteiger partial charge >= 0.3 is 0 Å². The van der Waals surface area contributed by atoms with Crippen LogP contribution >= 0.6 is 0 Å². The van der Waals surface area contributed by atoms with Crippen LogP contribution in [0.5, 0.6) is 0 Å². The molecule has 2 aliphatic rings. The zero-order valence-electron chi connectivity index (χ0n) is 9.91. The van der Waals surface area contributed by atoms with E-state index in [0.717, 1.165) is 12.3 Å². The van der Waals surface area contributed by atoms with Gasteiger partial charge in [0.15, 0.2) is 0 Å². The molecule has 0 radical (unpaired) electrons. The Morgan fingerprint density at radius 1 is 1.20 bits per heavy atom. The second kappa shape index (κ2) is 5.16. The molecule has 1 unspecified atom stereocenters. The highest BCUT2D eigenvalue weighted by molar-refractivity contribution is 5.12. The van der Waals surface area contributed by atoms with Crippen molar-refractivity contribution in [2.24, 2.45) is 11.8 Å². The highest BCUT2D eigenvalue weighted by Crippen LogP contribution is 2.34. The van der Waals surface area contributed by atoms with Gasteiger partial charge in [0, 0.05) is 0 Å². The molecule has 2 rings (SSSR count). The van der Waals surface area contributed by atoms with Crippen LogP contribution in [0.25, 0.3) is 0 Å². The summed E-state index contributed by atoms with van der Waals surface area (Å²) >= 11 is 0. The maximum absolute atomic E-state index is 10.3. The molecule has 0 bridgehead atoms. The van der Waals surface area contributed by atoms with Crippen LogP contribution in [0.3, 0.4) is 0 Å². The van der Waals surface area contributed by atoms with Gasteiger partial charge in [-0.1, -0.05) is 25.8 Å². The van der Waals surface area contributed by atoms with Gasteiger partial charge in [-0.25, -0.2) is 0 Å². The molecule has 1 heteroatoms. The molecule has 1 fully saturated rings. The molecule has 1 nitrogen and oxygen atoms in total. The largest absolute Gasteiger partial charge is 0.388 e. The maximum atomic E-state index is 10.3. The molecule has 0 aliphatic heterocycles. The zero-order valence-corrected chi connectivity index (χ0v) is 9.91. The minimum absolute atomic E-state index is 0.113. The first-order valence-corrected chi connectivity index (χ1v) is 6.64. The Morgan fingerprint density at radius 2 is 1.93 bits per heavy atom. The third-order valence-corrected chi connectivity index (χ3v) is 4.21. The Morgan fingerprint density at radius 3 is 2.53 bits per heavy atom. The summed E-state index contributed by atoms with van der Waals surface area (Å²) < 4.78 is 0. The molecule has 15 heavy (non-hydrogen) atoms. The Labute approximate surface area is 93.6 Å². The van der Waals surface area contributed by atoms with Crippen LogP contribution in [-0.4, -0.2) is 11.2 Å². The SMILES string of the molecule is CC1CCC(C(O)C2=CCCCC2)CC1. The molecule has 2 aliphatic carbocycles. The third-order valence-electron chi connectivity index (χ3n) is 4.21. The molecular formula is C14H24O. The lowest BCUT2D eigenvalue weighted by Gasteiger charge is -2.32. The van der Waals surface area contributed by atoms with E-state index in [-0.39, 0.29) is 6.10 Å². The van der Waals surface area contributed by atoms with Crippen molar-refractivity contribution in [3.63, 3.8) is 0 Å². The first-order chi connectivity index (χ1) is 7.27. The summed E-state index contributed by atoms with van der Waals surface area (Å²) in [6.45, 7) is 2.34. The van der Waals surface area contributed by atoms with Crippen LogP contribution in [0.2, 0.25) is 0 Å². The minimum atomic E-state index is -0.113. The van der Waals surface area contributed by atoms with Crippen molar-refractivity contribution in [2.45, 2.75) is 64.4 Å². The third kappa shape index (κ3) is 2.84. The second-order valence-electron chi connectivity index (χ2n) is 5.49. The van der Waals surface area contributed by atoms with Crippen molar-refractivity contribution >= 4 is 0 Å². The predicted molar refractivity (Wildman–Crippen MR) is 63.7 cm³/mol. The van der Waals surface area contributed by atoms with Crippen LogP contribution in [0.1, 0.15) is 58.3 Å². The molecule has 0 aromatic rings. The average Bonchev–Trinajstić information content (AvgIpc) is 2.30. The summed E-state index contributed by atoms with van der Waals surface area (Å²) in [5.74, 6) is 1.44. The van der Waals surface area contributed by atoms with Crippen LogP contribution in [0.4, 0.5) is 0 Å². The molecule has 0 amide bonds. The molecule has 0 spiro atoms. The van der Waals surface area contributed by atoms with Crippen molar-refractivity contribution in [3.8, 4) is 0 Å². The highest BCUT2D eigenvalue weighted by Gasteiger charge is 2.27. The highest BCUT2D eigenvalue weighted by atomic mass is 16.3. The Kier molecular flexibility index (Phi) is 3.85. The lowest BCUT2D eigenvalue weighted by atomic mass is 9.77. The first-order valence-electron chi connectivity index (χ1n) is 6.64. The van der Waals surface area contributed by atoms with Crippen LogP contribution in [-0.2, 0) is 0 Å². The second-order valence-corrected chi connectivity index (χ2v) is 5.49. The van der Waals surface area contributed by atoms with Crippen molar-refractivity contribution < 1.29 is 5.11 Å². The fourth-order valence-electron chi connectivity index (χ4n) is 3.04. The summed E-state index contributed by atoms with van der Waals surface area (Å²) in [5.41, 5.74) is 1.35. The lowest BCUT2D eigenvalue weighted by molar-refractivity contribution is 0.0997. The summed E-state index contributed by atoms with van der Waals surface area (Å²) in [6.07, 6.45) is 12.2. The lowest BCUT2D eigenvalue weighted by Crippen LogP contribution is -2.27. The van der Waals surface area contributed by atoms with Gasteiger partial charge < -0.3 is 5.11 Å². The van der Waals surface area contributed by atoms with Crippen molar-refractivity contribution in [1.82, 2.24) is 0 Å². The number of hydrogen-bond acceptors (Lipinski definition) is 1. The Hall–Kier alpha value is -0.300. The van der Waals surface area contributed by atoms with Crippen LogP contribution in [0, 0.1) is 11.8 Å². The van der Waals surface area contributed by atoms with E-state index in [9.17, 15) is 5.11 Å². The van der Waals surface area contributed by atoms with Gasteiger partial charge in [-0.3, -0.25) is 0 Å². The molecule has 86 valence electrons. The summed E-state index contributed by atoms with van der Waals surface area (Å²) in [4.78, 5) is 0. The van der Waals surface area contributed by atoms with Crippen molar-refractivity contribution in [3.05, 3.63) is 11.6 Å². The summed E-state index contributed by atoms with van der Waals surface area (Å²) in [7, 11) is 0. The Bertz CT molecular complexity index is 223. The molecular weight excluding hydrogens is 184 g/mol. The zero-order chi connectivity index (χ0) is 10.7. The molecule has 0 saturated heterocycles. The van der Waals surface area contributed by atoms with Gasteiger partial charge in [0.25, 0.3) is 0 Å². The monoisotopic (exact) mass is 208 g/mol. The molecule has 0 heterocycles. The van der Waals surface area contributed by atoms with Crippen LogP contribution in [0.15, 0.2) is 11.6 Å². The topological polar surface area (TPSA) is 20.2 Å². The standard InChI is InChI=1S/C14H24O/c1-11-7-9-13(10-8-11)14(15)12-5-3-2-4-6-12/h5,11,13-15H,2-4,6-10H2,1H3. The maximum Gasteiger partial charge on any atom is 0.0778 e. The molecule has 1 saturated carbocycles. The van der Waals surface area contributed by atoms with Gasteiger partial charge in [0.05, 0.1) is 6.10 Å². The summed E-state index contributed by atoms with van der Waals surface area (Å²) in [5, 5.41) is 10.3. The van der Waals surface area contributed by atoms with Gasteiger partial charge in [0.1, 0.15) is 0 Å². The number of hydrogen-bond donors (Lipinski definition) is 1. The number of aliphatic hydroxyl groups is 1. The van der Waals surface area contributed by atoms with E-state index in [1.165, 1.54) is 50.5 Å². The van der Waals surface area contributed by atoms with E-state index in [0.29, 0.717) is 5.92 Å². The first kappa shape index (κ1) is 11.2. The quantitative estimate of drug-likeness (QED) is 0.686. The molecule has 0 aromatic heterocycles. The van der Waals surface area contributed by atoms with E-state index in [4.69, 9.17) is 0 Å². The molecule has 1 atom stereocenters. The predicted octanol–water partition coefficient (Wildman–Crippen LogP) is 3.67. The van der Waals surface area contributed by atoms with E-state index in [1.54, 1.807) is 0 Å². The number of allylic oxidation sites excluding steroid dienone is 1. The smallest absolute Gasteiger partial charge is 0.0778 e. The fraction of sp³-hybridized carbons (Fsp3) is 0.857. The van der Waals surface area contributed by atoms with Crippen LogP contribution < -0.4 is 0 Å². The normalized spacial score (nSPS) is 34.7. The molecule has 1 N–H and O–H groups in total. The van der Waals surface area contributed by atoms with E-state index < -0.39 is 0 Å².